The molecule has 14 heavy (non-hydrogen) atoms. The van der Waals surface area contributed by atoms with E-state index in [0.29, 0.717) is 12.3 Å². The van der Waals surface area contributed by atoms with Gasteiger partial charge in [-0.3, -0.25) is 4.79 Å². The second-order valence-electron chi connectivity index (χ2n) is 3.57. The molecule has 1 aromatic carbocycles. The minimum atomic E-state index is -0.243. The largest absolute Gasteiger partial charge is 0.399 e. The predicted molar refractivity (Wildman–Crippen MR) is 57.7 cm³/mol. The van der Waals surface area contributed by atoms with Gasteiger partial charge in [-0.15, -0.1) is 0 Å². The van der Waals surface area contributed by atoms with Crippen LogP contribution in [0.5, 0.6) is 0 Å². The molecule has 0 fully saturated rings. The van der Waals surface area contributed by atoms with Gasteiger partial charge in [0.25, 0.3) is 0 Å². The molecule has 0 aliphatic heterocycles. The van der Waals surface area contributed by atoms with Crippen LogP contribution < -0.4 is 11.5 Å². The summed E-state index contributed by atoms with van der Waals surface area (Å²) in [4.78, 5) is 10.6. The number of primary amides is 1. The molecule has 0 saturated carbocycles. The van der Waals surface area contributed by atoms with E-state index in [4.69, 9.17) is 11.5 Å². The highest BCUT2D eigenvalue weighted by Gasteiger charge is 2.06. The van der Waals surface area contributed by atoms with E-state index < -0.39 is 0 Å². The van der Waals surface area contributed by atoms with E-state index in [0.717, 1.165) is 12.1 Å². The summed E-state index contributed by atoms with van der Waals surface area (Å²) in [5, 5.41) is 0. The van der Waals surface area contributed by atoms with Gasteiger partial charge in [-0.2, -0.15) is 0 Å². The summed E-state index contributed by atoms with van der Waals surface area (Å²) in [6.45, 7) is 2.08. The fourth-order valence-corrected chi connectivity index (χ4v) is 1.35. The van der Waals surface area contributed by atoms with Gasteiger partial charge in [0, 0.05) is 12.1 Å². The summed E-state index contributed by atoms with van der Waals surface area (Å²) in [5.74, 6) is 0.107. The van der Waals surface area contributed by atoms with Crippen molar-refractivity contribution in [3.8, 4) is 0 Å². The first kappa shape index (κ1) is 10.6. The standard InChI is InChI=1S/C11H16N2O/c1-8(2-7-11(13)14)9-3-5-10(12)6-4-9/h3-6,8H,2,7,12H2,1H3,(H2,13,14). The number of benzene rings is 1. The van der Waals surface area contributed by atoms with Crippen LogP contribution in [0.1, 0.15) is 31.2 Å². The minimum absolute atomic E-state index is 0.243. The molecule has 0 saturated heterocycles. The Labute approximate surface area is 84.1 Å². The number of carbonyl (C=O) groups is 1. The zero-order chi connectivity index (χ0) is 10.6. The lowest BCUT2D eigenvalue weighted by molar-refractivity contribution is -0.118. The van der Waals surface area contributed by atoms with Gasteiger partial charge in [-0.05, 0) is 30.0 Å². The molecule has 3 nitrogen and oxygen atoms in total. The van der Waals surface area contributed by atoms with Crippen molar-refractivity contribution in [1.82, 2.24) is 0 Å². The van der Waals surface area contributed by atoms with Crippen LogP contribution in [0.15, 0.2) is 24.3 Å². The lowest BCUT2D eigenvalue weighted by Gasteiger charge is -2.10. The number of nitrogen functional groups attached to an aromatic ring is 1. The second-order valence-corrected chi connectivity index (χ2v) is 3.57. The van der Waals surface area contributed by atoms with E-state index >= 15 is 0 Å². The highest BCUT2D eigenvalue weighted by Crippen LogP contribution is 2.21. The van der Waals surface area contributed by atoms with Crippen molar-refractivity contribution in [2.45, 2.75) is 25.7 Å². The fraction of sp³-hybridized carbons (Fsp3) is 0.364. The van der Waals surface area contributed by atoms with Gasteiger partial charge in [0.1, 0.15) is 0 Å². The Morgan fingerprint density at radius 2 is 1.93 bits per heavy atom. The molecule has 76 valence electrons. The summed E-state index contributed by atoms with van der Waals surface area (Å²) in [6.07, 6.45) is 1.23. The number of rotatable bonds is 4. The van der Waals surface area contributed by atoms with E-state index in [9.17, 15) is 4.79 Å². The van der Waals surface area contributed by atoms with Crippen molar-refractivity contribution in [1.29, 1.82) is 0 Å². The molecule has 0 aliphatic rings. The molecular weight excluding hydrogens is 176 g/mol. The highest BCUT2D eigenvalue weighted by molar-refractivity contribution is 5.73. The number of amides is 1. The number of hydrogen-bond acceptors (Lipinski definition) is 2. The Balaban J connectivity index is 2.56. The first-order valence-corrected chi connectivity index (χ1v) is 4.73. The van der Waals surface area contributed by atoms with Crippen LogP contribution in [0.3, 0.4) is 0 Å². The summed E-state index contributed by atoms with van der Waals surface area (Å²) in [7, 11) is 0. The topological polar surface area (TPSA) is 69.1 Å². The predicted octanol–water partition coefficient (Wildman–Crippen LogP) is 1.64. The third-order valence-electron chi connectivity index (χ3n) is 2.33. The molecule has 3 heteroatoms. The highest BCUT2D eigenvalue weighted by atomic mass is 16.1. The van der Waals surface area contributed by atoms with Crippen molar-refractivity contribution in [2.75, 3.05) is 5.73 Å². The number of anilines is 1. The molecule has 0 aromatic heterocycles. The first-order valence-electron chi connectivity index (χ1n) is 4.73. The Hall–Kier alpha value is -1.51. The zero-order valence-electron chi connectivity index (χ0n) is 8.36. The van der Waals surface area contributed by atoms with Crippen molar-refractivity contribution in [3.63, 3.8) is 0 Å². The van der Waals surface area contributed by atoms with Gasteiger partial charge in [0.05, 0.1) is 0 Å². The van der Waals surface area contributed by atoms with Gasteiger partial charge >= 0.3 is 0 Å². The van der Waals surface area contributed by atoms with Crippen LogP contribution in [0.2, 0.25) is 0 Å². The maximum absolute atomic E-state index is 10.6. The molecule has 0 aliphatic carbocycles. The summed E-state index contributed by atoms with van der Waals surface area (Å²) in [5.41, 5.74) is 12.6. The summed E-state index contributed by atoms with van der Waals surface area (Å²) in [6, 6.07) is 7.72. The van der Waals surface area contributed by atoms with Gasteiger partial charge in [-0.1, -0.05) is 19.1 Å². The Morgan fingerprint density at radius 3 is 2.43 bits per heavy atom. The summed E-state index contributed by atoms with van der Waals surface area (Å²) >= 11 is 0. The Kier molecular flexibility index (Phi) is 3.51. The zero-order valence-corrected chi connectivity index (χ0v) is 8.36. The average Bonchev–Trinajstić information content (AvgIpc) is 2.15. The van der Waals surface area contributed by atoms with Gasteiger partial charge in [0.15, 0.2) is 0 Å². The van der Waals surface area contributed by atoms with Crippen LogP contribution in [0.4, 0.5) is 5.69 Å². The van der Waals surface area contributed by atoms with Crippen molar-refractivity contribution in [2.24, 2.45) is 5.73 Å². The Bertz CT molecular complexity index is 306. The molecule has 4 N–H and O–H groups in total. The van der Waals surface area contributed by atoms with E-state index in [2.05, 4.69) is 6.92 Å². The monoisotopic (exact) mass is 192 g/mol. The molecule has 1 unspecified atom stereocenters. The minimum Gasteiger partial charge on any atom is -0.399 e. The molecule has 0 radical (unpaired) electrons. The summed E-state index contributed by atoms with van der Waals surface area (Å²) < 4.78 is 0. The maximum atomic E-state index is 10.6. The van der Waals surface area contributed by atoms with Crippen LogP contribution in [-0.4, -0.2) is 5.91 Å². The molecule has 1 aromatic rings. The molecular formula is C11H16N2O. The van der Waals surface area contributed by atoms with E-state index in [-0.39, 0.29) is 5.91 Å². The van der Waals surface area contributed by atoms with E-state index in [1.54, 1.807) is 0 Å². The average molecular weight is 192 g/mol. The van der Waals surface area contributed by atoms with Crippen LogP contribution >= 0.6 is 0 Å². The van der Waals surface area contributed by atoms with Gasteiger partial charge in [0.2, 0.25) is 5.91 Å². The van der Waals surface area contributed by atoms with Crippen molar-refractivity contribution >= 4 is 11.6 Å². The third-order valence-corrected chi connectivity index (χ3v) is 2.33. The van der Waals surface area contributed by atoms with E-state index in [1.165, 1.54) is 5.56 Å². The second kappa shape index (κ2) is 4.65. The molecule has 0 bridgehead atoms. The van der Waals surface area contributed by atoms with Crippen LogP contribution in [0, 0.1) is 0 Å². The molecule has 0 spiro atoms. The number of nitrogens with two attached hydrogens (primary N) is 2. The smallest absolute Gasteiger partial charge is 0.217 e. The molecule has 0 heterocycles. The van der Waals surface area contributed by atoms with Gasteiger partial charge < -0.3 is 11.5 Å². The lowest BCUT2D eigenvalue weighted by atomic mass is 9.96. The van der Waals surface area contributed by atoms with E-state index in [1.807, 2.05) is 24.3 Å². The van der Waals surface area contributed by atoms with Crippen molar-refractivity contribution in [3.05, 3.63) is 29.8 Å². The number of carbonyl (C=O) groups excluding carboxylic acids is 1. The van der Waals surface area contributed by atoms with Gasteiger partial charge in [-0.25, -0.2) is 0 Å². The van der Waals surface area contributed by atoms with Crippen LogP contribution in [-0.2, 0) is 4.79 Å². The van der Waals surface area contributed by atoms with Crippen LogP contribution in [0.25, 0.3) is 0 Å². The quantitative estimate of drug-likeness (QED) is 0.712. The first-order chi connectivity index (χ1) is 6.59. The molecule has 1 rings (SSSR count). The molecule has 1 amide bonds. The SMILES string of the molecule is CC(CCC(N)=O)c1ccc(N)cc1. The molecule has 1 atom stereocenters. The lowest BCUT2D eigenvalue weighted by Crippen LogP contribution is -2.11. The normalized spacial score (nSPS) is 12.4. The Morgan fingerprint density at radius 1 is 1.36 bits per heavy atom. The third kappa shape index (κ3) is 3.09. The van der Waals surface area contributed by atoms with Crippen molar-refractivity contribution < 1.29 is 4.79 Å². The number of hydrogen-bond donors (Lipinski definition) is 2. The fourth-order valence-electron chi connectivity index (χ4n) is 1.35. The maximum Gasteiger partial charge on any atom is 0.217 e.